The van der Waals surface area contributed by atoms with Gasteiger partial charge in [0.05, 0.1) is 27.7 Å². The van der Waals surface area contributed by atoms with Crippen LogP contribution in [-0.4, -0.2) is 76.7 Å². The Hall–Kier alpha value is -1.19. The van der Waals surface area contributed by atoms with E-state index in [1.165, 1.54) is 83.5 Å². The Bertz CT molecular complexity index is 702. The van der Waals surface area contributed by atoms with Gasteiger partial charge in [-0.1, -0.05) is 110 Å². The van der Waals surface area contributed by atoms with Crippen LogP contribution in [-0.2, 0) is 27.9 Å². The first-order chi connectivity index (χ1) is 19.5. The zero-order valence-corrected chi connectivity index (χ0v) is 27.7. The zero-order chi connectivity index (χ0) is 30.8. The van der Waals surface area contributed by atoms with Gasteiger partial charge in [0.15, 0.2) is 6.10 Å². The average Bonchev–Trinajstić information content (AvgIpc) is 2.90. The first-order valence-electron chi connectivity index (χ1n) is 16.0. The molecule has 0 aromatic heterocycles. The maximum Gasteiger partial charge on any atom is 0.407 e. The standard InChI is InChI=1S/C30H61N2O8P/c1-6-8-9-10-11-12-13-14-15-16-17-18-19-20-21-22-23-31-30(34)37-26-28(40-29(33)7-2)27-39-41(35,36)38-25-24-32(3,4)5/h28H,6-27H2,1-5H3,(H-,31,34,35,36). The molecular formula is C30H61N2O8P. The number of hydrogen-bond acceptors (Lipinski definition) is 8. The van der Waals surface area contributed by atoms with Crippen molar-refractivity contribution in [3.8, 4) is 0 Å². The van der Waals surface area contributed by atoms with Gasteiger partial charge < -0.3 is 33.2 Å². The van der Waals surface area contributed by atoms with Crippen molar-refractivity contribution in [3.05, 3.63) is 0 Å². The molecule has 0 heterocycles. The lowest BCUT2D eigenvalue weighted by Gasteiger charge is -2.28. The molecule has 0 bridgehead atoms. The van der Waals surface area contributed by atoms with E-state index < -0.39 is 32.6 Å². The Labute approximate surface area is 250 Å². The Balaban J connectivity index is 3.89. The van der Waals surface area contributed by atoms with Gasteiger partial charge in [-0.2, -0.15) is 0 Å². The van der Waals surface area contributed by atoms with Gasteiger partial charge in [-0.05, 0) is 6.42 Å². The monoisotopic (exact) mass is 608 g/mol. The molecular weight excluding hydrogens is 547 g/mol. The van der Waals surface area contributed by atoms with Gasteiger partial charge >= 0.3 is 12.1 Å². The van der Waals surface area contributed by atoms with Crippen LogP contribution in [0.15, 0.2) is 0 Å². The van der Waals surface area contributed by atoms with Crippen molar-refractivity contribution in [2.75, 3.05) is 54.1 Å². The van der Waals surface area contributed by atoms with Crippen LogP contribution in [0.3, 0.4) is 0 Å². The summed E-state index contributed by atoms with van der Waals surface area (Å²) >= 11 is 0. The third-order valence-electron chi connectivity index (χ3n) is 6.72. The second-order valence-electron chi connectivity index (χ2n) is 11.9. The van der Waals surface area contributed by atoms with E-state index in [-0.39, 0.29) is 19.6 Å². The highest BCUT2D eigenvalue weighted by atomic mass is 31.2. The summed E-state index contributed by atoms with van der Waals surface area (Å²) in [5.41, 5.74) is 0. The highest BCUT2D eigenvalue weighted by molar-refractivity contribution is 7.45. The van der Waals surface area contributed by atoms with Crippen LogP contribution in [0.1, 0.15) is 123 Å². The minimum atomic E-state index is -4.59. The van der Waals surface area contributed by atoms with Crippen molar-refractivity contribution in [2.45, 2.75) is 129 Å². The summed E-state index contributed by atoms with van der Waals surface area (Å²) in [7, 11) is 1.13. The van der Waals surface area contributed by atoms with Gasteiger partial charge in [-0.3, -0.25) is 9.36 Å². The lowest BCUT2D eigenvalue weighted by atomic mass is 10.0. The van der Waals surface area contributed by atoms with E-state index in [2.05, 4.69) is 12.2 Å². The number of nitrogens with one attached hydrogen (secondary N) is 1. The fraction of sp³-hybridized carbons (Fsp3) is 0.933. The van der Waals surface area contributed by atoms with E-state index in [1.807, 2.05) is 21.1 Å². The second-order valence-corrected chi connectivity index (χ2v) is 13.3. The van der Waals surface area contributed by atoms with Crippen molar-refractivity contribution < 1.29 is 42.1 Å². The molecule has 0 spiro atoms. The predicted molar refractivity (Wildman–Crippen MR) is 161 cm³/mol. The summed E-state index contributed by atoms with van der Waals surface area (Å²) in [6.45, 7) is 3.96. The van der Waals surface area contributed by atoms with Crippen molar-refractivity contribution in [2.24, 2.45) is 0 Å². The van der Waals surface area contributed by atoms with Gasteiger partial charge in [-0.15, -0.1) is 0 Å². The number of carbonyl (C=O) groups excluding carboxylic acids is 2. The third kappa shape index (κ3) is 28.7. The van der Waals surface area contributed by atoms with Crippen LogP contribution in [0, 0.1) is 0 Å². The van der Waals surface area contributed by atoms with Crippen molar-refractivity contribution >= 4 is 19.9 Å². The number of amides is 1. The van der Waals surface area contributed by atoms with Gasteiger partial charge in [0, 0.05) is 13.0 Å². The molecule has 41 heavy (non-hydrogen) atoms. The molecule has 11 heteroatoms. The zero-order valence-electron chi connectivity index (χ0n) is 26.8. The summed E-state index contributed by atoms with van der Waals surface area (Å²) in [5.74, 6) is -0.553. The minimum absolute atomic E-state index is 0.0397. The number of carbonyl (C=O) groups is 2. The molecule has 0 rings (SSSR count). The molecule has 0 aromatic carbocycles. The number of ether oxygens (including phenoxy) is 2. The molecule has 0 aliphatic heterocycles. The topological polar surface area (TPSA) is 123 Å². The molecule has 0 aliphatic rings. The summed E-state index contributed by atoms with van der Waals surface area (Å²) in [6.07, 6.45) is 18.9. The van der Waals surface area contributed by atoms with Crippen LogP contribution in [0.4, 0.5) is 4.79 Å². The number of hydrogen-bond donors (Lipinski definition) is 1. The Morgan fingerprint density at radius 2 is 1.24 bits per heavy atom. The molecule has 2 unspecified atom stereocenters. The van der Waals surface area contributed by atoms with Crippen molar-refractivity contribution in [1.82, 2.24) is 5.32 Å². The normalized spacial score (nSPS) is 13.9. The van der Waals surface area contributed by atoms with E-state index in [9.17, 15) is 19.0 Å². The van der Waals surface area contributed by atoms with E-state index in [4.69, 9.17) is 18.5 Å². The second kappa shape index (κ2) is 25.3. The number of nitrogens with zero attached hydrogens (tertiary/aromatic N) is 1. The Morgan fingerprint density at radius 1 is 0.756 bits per heavy atom. The average molecular weight is 609 g/mol. The van der Waals surface area contributed by atoms with Crippen LogP contribution < -0.4 is 10.2 Å². The van der Waals surface area contributed by atoms with Gasteiger partial charge in [0.2, 0.25) is 0 Å². The van der Waals surface area contributed by atoms with Crippen LogP contribution in [0.2, 0.25) is 0 Å². The lowest BCUT2D eigenvalue weighted by Crippen LogP contribution is -2.37. The molecule has 0 aromatic rings. The number of alkyl carbamates (subject to hydrolysis) is 1. The fourth-order valence-corrected chi connectivity index (χ4v) is 4.84. The van der Waals surface area contributed by atoms with Gasteiger partial charge in [0.1, 0.15) is 19.8 Å². The molecule has 10 nitrogen and oxygen atoms in total. The first-order valence-corrected chi connectivity index (χ1v) is 17.5. The van der Waals surface area contributed by atoms with E-state index in [0.29, 0.717) is 17.6 Å². The maximum absolute atomic E-state index is 12.0. The highest BCUT2D eigenvalue weighted by Gasteiger charge is 2.21. The summed E-state index contributed by atoms with van der Waals surface area (Å²) in [6, 6.07) is 0. The SMILES string of the molecule is CCCCCCCCCCCCCCCCCCNC(=O)OCC(COP(=O)([O-])OCC[N+](C)(C)C)OC(=O)CC. The van der Waals surface area contributed by atoms with Gasteiger partial charge in [-0.25, -0.2) is 4.79 Å². The molecule has 2 atom stereocenters. The van der Waals surface area contributed by atoms with E-state index in [1.54, 1.807) is 6.92 Å². The molecule has 244 valence electrons. The fourth-order valence-electron chi connectivity index (χ4n) is 4.11. The van der Waals surface area contributed by atoms with E-state index in [0.717, 1.165) is 19.3 Å². The van der Waals surface area contributed by atoms with Crippen molar-refractivity contribution in [1.29, 1.82) is 0 Å². The molecule has 0 aliphatic carbocycles. The molecule has 0 saturated heterocycles. The maximum atomic E-state index is 12.0. The first kappa shape index (κ1) is 39.8. The van der Waals surface area contributed by atoms with Crippen LogP contribution in [0.25, 0.3) is 0 Å². The lowest BCUT2D eigenvalue weighted by molar-refractivity contribution is -0.870. The Kier molecular flexibility index (Phi) is 24.6. The smallest absolute Gasteiger partial charge is 0.407 e. The molecule has 0 fully saturated rings. The molecule has 0 saturated carbocycles. The number of esters is 1. The van der Waals surface area contributed by atoms with E-state index >= 15 is 0 Å². The van der Waals surface area contributed by atoms with Crippen LogP contribution in [0.5, 0.6) is 0 Å². The number of rotatable bonds is 28. The quantitative estimate of drug-likeness (QED) is 0.0462. The minimum Gasteiger partial charge on any atom is -0.756 e. The summed E-state index contributed by atoms with van der Waals surface area (Å²) in [5, 5.41) is 2.68. The Morgan fingerprint density at radius 3 is 1.71 bits per heavy atom. The molecule has 1 N–H and O–H groups in total. The number of phosphoric acid groups is 1. The summed E-state index contributed by atoms with van der Waals surface area (Å²) < 4.78 is 32.5. The van der Waals surface area contributed by atoms with Crippen LogP contribution >= 0.6 is 7.82 Å². The number of likely N-dealkylation sites (N-methyl/N-ethyl adjacent to an activating group) is 1. The van der Waals surface area contributed by atoms with Crippen molar-refractivity contribution in [3.63, 3.8) is 0 Å². The third-order valence-corrected chi connectivity index (χ3v) is 7.68. The summed E-state index contributed by atoms with van der Waals surface area (Å²) in [4.78, 5) is 35.8. The predicted octanol–water partition coefficient (Wildman–Crippen LogP) is 6.50. The number of quaternary nitrogens is 1. The number of unbranched alkanes of at least 4 members (excludes halogenated alkanes) is 15. The number of phosphoric ester groups is 1. The largest absolute Gasteiger partial charge is 0.756 e. The molecule has 0 radical (unpaired) electrons. The highest BCUT2D eigenvalue weighted by Crippen LogP contribution is 2.38. The van der Waals surface area contributed by atoms with Gasteiger partial charge in [0.25, 0.3) is 7.82 Å². The molecule has 1 amide bonds.